The quantitative estimate of drug-likeness (QED) is 0.745. The lowest BCUT2D eigenvalue weighted by atomic mass is 10.1. The average molecular weight is 241 g/mol. The lowest BCUT2D eigenvalue weighted by Crippen LogP contribution is -2.17. The van der Waals surface area contributed by atoms with Gasteiger partial charge in [0, 0.05) is 29.7 Å². The number of phenols is 1. The van der Waals surface area contributed by atoms with Gasteiger partial charge in [-0.05, 0) is 31.9 Å². The fraction of sp³-hybridized carbons (Fsp3) is 0.333. The van der Waals surface area contributed by atoms with Crippen molar-refractivity contribution in [2.45, 2.75) is 19.8 Å². The number of rotatable bonds is 2. The van der Waals surface area contributed by atoms with Crippen LogP contribution in [0.15, 0.2) is 30.1 Å². The van der Waals surface area contributed by atoms with Crippen molar-refractivity contribution >= 4 is 18.1 Å². The second-order valence-corrected chi connectivity index (χ2v) is 3.80. The number of phenolic OH excluding ortho intramolecular Hbond substituents is 1. The van der Waals surface area contributed by atoms with E-state index < -0.39 is 0 Å². The maximum Gasteiger partial charge on any atom is 0.120 e. The fourth-order valence-corrected chi connectivity index (χ4v) is 1.68. The van der Waals surface area contributed by atoms with Crippen LogP contribution in [0.5, 0.6) is 5.75 Å². The monoisotopic (exact) mass is 240 g/mol. The molecule has 0 atom stereocenters. The van der Waals surface area contributed by atoms with Gasteiger partial charge in [0.15, 0.2) is 0 Å². The lowest BCUT2D eigenvalue weighted by molar-refractivity contribution is 0.471. The highest BCUT2D eigenvalue weighted by Crippen LogP contribution is 2.25. The van der Waals surface area contributed by atoms with Gasteiger partial charge in [0.1, 0.15) is 5.75 Å². The first kappa shape index (κ1) is 12.7. The molecule has 0 aliphatic carbocycles. The largest absolute Gasteiger partial charge is 0.508 e. The van der Waals surface area contributed by atoms with E-state index in [-0.39, 0.29) is 12.4 Å². The first-order valence-electron chi connectivity index (χ1n) is 5.25. The van der Waals surface area contributed by atoms with E-state index in [0.29, 0.717) is 5.75 Å². The summed E-state index contributed by atoms with van der Waals surface area (Å²) < 4.78 is 0. The Hall–Kier alpha value is -1.35. The minimum Gasteiger partial charge on any atom is -0.508 e. The summed E-state index contributed by atoms with van der Waals surface area (Å²) in [5, 5.41) is 16.1. The van der Waals surface area contributed by atoms with Gasteiger partial charge in [-0.15, -0.1) is 12.4 Å². The molecule has 0 saturated heterocycles. The van der Waals surface area contributed by atoms with Crippen LogP contribution in [0.25, 0.3) is 0 Å². The van der Waals surface area contributed by atoms with Crippen LogP contribution in [0.2, 0.25) is 0 Å². The molecule has 3 nitrogen and oxygen atoms in total. The molecule has 0 spiro atoms. The molecular formula is C12H17ClN2O. The van der Waals surface area contributed by atoms with Gasteiger partial charge in [0.05, 0.1) is 0 Å². The third-order valence-corrected chi connectivity index (χ3v) is 2.64. The molecule has 1 heterocycles. The third kappa shape index (κ3) is 2.83. The van der Waals surface area contributed by atoms with Crippen LogP contribution in [0.1, 0.15) is 18.4 Å². The summed E-state index contributed by atoms with van der Waals surface area (Å²) in [6.07, 6.45) is 4.21. The molecule has 0 bridgehead atoms. The minimum absolute atomic E-state index is 0. The van der Waals surface area contributed by atoms with Crippen molar-refractivity contribution in [3.63, 3.8) is 0 Å². The van der Waals surface area contributed by atoms with Crippen molar-refractivity contribution in [3.8, 4) is 5.75 Å². The number of hydrogen-bond acceptors (Lipinski definition) is 3. The number of benzene rings is 1. The van der Waals surface area contributed by atoms with E-state index in [0.717, 1.165) is 30.6 Å². The molecule has 1 aromatic rings. The van der Waals surface area contributed by atoms with E-state index in [9.17, 15) is 5.11 Å². The highest BCUT2D eigenvalue weighted by Gasteiger charge is 2.06. The van der Waals surface area contributed by atoms with Crippen LogP contribution >= 0.6 is 12.4 Å². The van der Waals surface area contributed by atoms with Crippen molar-refractivity contribution in [3.05, 3.63) is 35.7 Å². The number of hydrogen-bond donors (Lipinski definition) is 3. The Bertz CT molecular complexity index is 391. The maximum absolute atomic E-state index is 9.55. The van der Waals surface area contributed by atoms with Gasteiger partial charge in [-0.1, -0.05) is 6.07 Å². The van der Waals surface area contributed by atoms with Gasteiger partial charge in [-0.3, -0.25) is 0 Å². The molecule has 0 aromatic heterocycles. The van der Waals surface area contributed by atoms with Crippen LogP contribution in [0, 0.1) is 6.92 Å². The van der Waals surface area contributed by atoms with E-state index in [4.69, 9.17) is 0 Å². The zero-order chi connectivity index (χ0) is 10.7. The SMILES string of the molecule is Cc1c(O)cccc1NC1=CNCCC1.Cl. The summed E-state index contributed by atoms with van der Waals surface area (Å²) >= 11 is 0. The molecule has 0 radical (unpaired) electrons. The lowest BCUT2D eigenvalue weighted by Gasteiger charge is -2.17. The fourth-order valence-electron chi connectivity index (χ4n) is 1.68. The molecule has 2 rings (SSSR count). The van der Waals surface area contributed by atoms with Gasteiger partial charge in [0.25, 0.3) is 0 Å². The Kier molecular flexibility index (Phi) is 4.50. The first-order chi connectivity index (χ1) is 7.27. The van der Waals surface area contributed by atoms with E-state index in [1.165, 1.54) is 5.70 Å². The highest BCUT2D eigenvalue weighted by molar-refractivity contribution is 5.85. The predicted octanol–water partition coefficient (Wildman–Crippen LogP) is 2.76. The van der Waals surface area contributed by atoms with Crippen molar-refractivity contribution in [1.29, 1.82) is 0 Å². The molecule has 88 valence electrons. The molecule has 0 saturated carbocycles. The van der Waals surface area contributed by atoms with Crippen molar-refractivity contribution in [2.24, 2.45) is 0 Å². The van der Waals surface area contributed by atoms with Crippen LogP contribution in [0.4, 0.5) is 5.69 Å². The molecule has 4 heteroatoms. The second kappa shape index (κ2) is 5.66. The summed E-state index contributed by atoms with van der Waals surface area (Å²) in [5.74, 6) is 0.337. The van der Waals surface area contributed by atoms with Crippen LogP contribution in [-0.4, -0.2) is 11.7 Å². The Morgan fingerprint density at radius 3 is 2.88 bits per heavy atom. The predicted molar refractivity (Wildman–Crippen MR) is 69.0 cm³/mol. The molecule has 16 heavy (non-hydrogen) atoms. The minimum atomic E-state index is 0. The smallest absolute Gasteiger partial charge is 0.120 e. The zero-order valence-corrected chi connectivity index (χ0v) is 10.1. The zero-order valence-electron chi connectivity index (χ0n) is 9.29. The number of aromatic hydroxyl groups is 1. The Morgan fingerprint density at radius 2 is 2.19 bits per heavy atom. The molecule has 1 aromatic carbocycles. The van der Waals surface area contributed by atoms with E-state index in [1.54, 1.807) is 6.07 Å². The summed E-state index contributed by atoms with van der Waals surface area (Å²) in [6.45, 7) is 2.96. The highest BCUT2D eigenvalue weighted by atomic mass is 35.5. The van der Waals surface area contributed by atoms with Gasteiger partial charge < -0.3 is 15.7 Å². The summed E-state index contributed by atoms with van der Waals surface area (Å²) in [5.41, 5.74) is 3.05. The molecular weight excluding hydrogens is 224 g/mol. The van der Waals surface area contributed by atoms with Gasteiger partial charge >= 0.3 is 0 Å². The van der Waals surface area contributed by atoms with Crippen molar-refractivity contribution in [2.75, 3.05) is 11.9 Å². The van der Waals surface area contributed by atoms with Gasteiger partial charge in [-0.25, -0.2) is 0 Å². The van der Waals surface area contributed by atoms with Crippen LogP contribution in [-0.2, 0) is 0 Å². The van der Waals surface area contributed by atoms with Crippen LogP contribution < -0.4 is 10.6 Å². The van der Waals surface area contributed by atoms with E-state index in [1.807, 2.05) is 25.3 Å². The molecule has 1 aliphatic heterocycles. The van der Waals surface area contributed by atoms with Crippen molar-refractivity contribution < 1.29 is 5.11 Å². The van der Waals surface area contributed by atoms with E-state index >= 15 is 0 Å². The Morgan fingerprint density at radius 1 is 1.38 bits per heavy atom. The topological polar surface area (TPSA) is 44.3 Å². The number of nitrogens with one attached hydrogen (secondary N) is 2. The molecule has 1 aliphatic rings. The van der Waals surface area contributed by atoms with Crippen LogP contribution in [0.3, 0.4) is 0 Å². The number of anilines is 1. The normalized spacial score (nSPS) is 14.4. The number of halogens is 1. The van der Waals surface area contributed by atoms with E-state index in [2.05, 4.69) is 10.6 Å². The number of allylic oxidation sites excluding steroid dienone is 1. The van der Waals surface area contributed by atoms with Gasteiger partial charge in [-0.2, -0.15) is 0 Å². The first-order valence-corrected chi connectivity index (χ1v) is 5.25. The average Bonchev–Trinajstić information content (AvgIpc) is 2.26. The standard InChI is InChI=1S/C12H16N2O.ClH/c1-9-11(5-2-6-12(9)15)14-10-4-3-7-13-8-10;/h2,5-6,8,13-15H,3-4,7H2,1H3;1H. The van der Waals surface area contributed by atoms with Gasteiger partial charge in [0.2, 0.25) is 0 Å². The molecule has 0 fully saturated rings. The molecule has 3 N–H and O–H groups in total. The Balaban J connectivity index is 0.00000128. The van der Waals surface area contributed by atoms with Crippen molar-refractivity contribution in [1.82, 2.24) is 5.32 Å². The summed E-state index contributed by atoms with van der Waals surface area (Å²) in [4.78, 5) is 0. The maximum atomic E-state index is 9.55. The molecule has 0 unspecified atom stereocenters. The molecule has 0 amide bonds. The summed E-state index contributed by atoms with van der Waals surface area (Å²) in [7, 11) is 0. The Labute approximate surface area is 102 Å². The third-order valence-electron chi connectivity index (χ3n) is 2.64. The second-order valence-electron chi connectivity index (χ2n) is 3.80. The summed E-state index contributed by atoms with van der Waals surface area (Å²) in [6, 6.07) is 5.53.